The molecule has 0 aromatic heterocycles. The predicted molar refractivity (Wildman–Crippen MR) is 101 cm³/mol. The molecule has 1 unspecified atom stereocenters. The highest BCUT2D eigenvalue weighted by Crippen LogP contribution is 2.29. The van der Waals surface area contributed by atoms with Crippen molar-refractivity contribution in [3.05, 3.63) is 65.2 Å². The first-order valence-electron chi connectivity index (χ1n) is 9.23. The Bertz CT molecular complexity index is 892. The van der Waals surface area contributed by atoms with Crippen molar-refractivity contribution >= 4 is 23.4 Å². The van der Waals surface area contributed by atoms with Crippen molar-refractivity contribution in [2.75, 3.05) is 5.01 Å². The molecule has 138 valence electrons. The zero-order chi connectivity index (χ0) is 18.8. The summed E-state index contributed by atoms with van der Waals surface area (Å²) in [5.74, 6) is -0.491. The fourth-order valence-corrected chi connectivity index (χ4v) is 3.69. The molecular formula is C21H21N3O3. The number of carbonyl (C=O) groups excluding carboxylic acids is 3. The van der Waals surface area contributed by atoms with E-state index < -0.39 is 0 Å². The second-order valence-corrected chi connectivity index (χ2v) is 6.93. The molecule has 0 saturated carbocycles. The molecule has 2 aromatic carbocycles. The lowest BCUT2D eigenvalue weighted by Gasteiger charge is -2.27. The molecule has 4 rings (SSSR count). The number of amides is 3. The maximum atomic E-state index is 12.7. The molecule has 2 aliphatic rings. The van der Waals surface area contributed by atoms with Gasteiger partial charge in [0, 0.05) is 18.4 Å². The average molecular weight is 363 g/mol. The number of anilines is 1. The van der Waals surface area contributed by atoms with Crippen molar-refractivity contribution in [3.63, 3.8) is 0 Å². The van der Waals surface area contributed by atoms with Crippen LogP contribution in [-0.4, -0.2) is 17.7 Å². The lowest BCUT2D eigenvalue weighted by molar-refractivity contribution is -0.130. The van der Waals surface area contributed by atoms with Crippen LogP contribution >= 0.6 is 0 Å². The van der Waals surface area contributed by atoms with Crippen LogP contribution in [0.5, 0.6) is 0 Å². The molecule has 1 aliphatic carbocycles. The lowest BCUT2D eigenvalue weighted by atomic mass is 9.87. The van der Waals surface area contributed by atoms with Crippen LogP contribution in [0.15, 0.2) is 48.5 Å². The second kappa shape index (κ2) is 7.23. The Morgan fingerprint density at radius 2 is 1.78 bits per heavy atom. The van der Waals surface area contributed by atoms with Crippen molar-refractivity contribution < 1.29 is 14.4 Å². The Morgan fingerprint density at radius 3 is 2.59 bits per heavy atom. The van der Waals surface area contributed by atoms with Crippen LogP contribution in [0.25, 0.3) is 0 Å². The Hall–Kier alpha value is -3.15. The summed E-state index contributed by atoms with van der Waals surface area (Å²) in [6, 6.07) is 14.9. The topological polar surface area (TPSA) is 78.5 Å². The van der Waals surface area contributed by atoms with Gasteiger partial charge >= 0.3 is 0 Å². The zero-order valence-corrected chi connectivity index (χ0v) is 14.9. The van der Waals surface area contributed by atoms with Crippen molar-refractivity contribution in [2.24, 2.45) is 0 Å². The fourth-order valence-electron chi connectivity index (χ4n) is 3.69. The van der Waals surface area contributed by atoms with Crippen LogP contribution < -0.4 is 15.8 Å². The van der Waals surface area contributed by atoms with Crippen LogP contribution in [0.3, 0.4) is 0 Å². The third kappa shape index (κ3) is 3.56. The monoisotopic (exact) mass is 363 g/mol. The van der Waals surface area contributed by atoms with Crippen molar-refractivity contribution in [3.8, 4) is 0 Å². The van der Waals surface area contributed by atoms with Gasteiger partial charge in [-0.2, -0.15) is 0 Å². The molecule has 1 atom stereocenters. The van der Waals surface area contributed by atoms with E-state index >= 15 is 0 Å². The summed E-state index contributed by atoms with van der Waals surface area (Å²) in [7, 11) is 0. The Kier molecular flexibility index (Phi) is 4.62. The maximum Gasteiger partial charge on any atom is 0.251 e. The van der Waals surface area contributed by atoms with Crippen LogP contribution in [0.2, 0.25) is 0 Å². The van der Waals surface area contributed by atoms with Gasteiger partial charge in [-0.3, -0.25) is 19.8 Å². The number of nitrogens with one attached hydrogen (secondary N) is 2. The highest BCUT2D eigenvalue weighted by Gasteiger charge is 2.25. The second-order valence-electron chi connectivity index (χ2n) is 6.93. The van der Waals surface area contributed by atoms with Crippen molar-refractivity contribution in [1.29, 1.82) is 0 Å². The normalized spacial score (nSPS) is 19.3. The molecule has 0 radical (unpaired) electrons. The summed E-state index contributed by atoms with van der Waals surface area (Å²) >= 11 is 0. The number of fused-ring (bicyclic) bond motifs is 1. The van der Waals surface area contributed by atoms with Crippen LogP contribution in [0.1, 0.15) is 53.2 Å². The molecule has 1 saturated heterocycles. The van der Waals surface area contributed by atoms with Gasteiger partial charge in [-0.05, 0) is 54.7 Å². The molecule has 6 heteroatoms. The van der Waals surface area contributed by atoms with Crippen LogP contribution in [0, 0.1) is 0 Å². The van der Waals surface area contributed by atoms with Gasteiger partial charge < -0.3 is 5.32 Å². The first-order valence-corrected chi connectivity index (χ1v) is 9.23. The molecule has 1 heterocycles. The average Bonchev–Trinajstić information content (AvgIpc) is 2.70. The molecule has 2 N–H and O–H groups in total. The molecule has 27 heavy (non-hydrogen) atoms. The molecule has 1 fully saturated rings. The Morgan fingerprint density at radius 1 is 1.00 bits per heavy atom. The third-order valence-corrected chi connectivity index (χ3v) is 5.11. The smallest absolute Gasteiger partial charge is 0.251 e. The predicted octanol–water partition coefficient (Wildman–Crippen LogP) is 2.65. The van der Waals surface area contributed by atoms with E-state index in [1.165, 1.54) is 16.1 Å². The van der Waals surface area contributed by atoms with Crippen molar-refractivity contribution in [2.45, 2.75) is 38.1 Å². The Labute approximate surface area is 157 Å². The minimum atomic E-state index is -0.188. The van der Waals surface area contributed by atoms with Gasteiger partial charge in [0.05, 0.1) is 11.7 Å². The van der Waals surface area contributed by atoms with E-state index in [4.69, 9.17) is 0 Å². The maximum absolute atomic E-state index is 12.7. The van der Waals surface area contributed by atoms with Crippen LogP contribution in [-0.2, 0) is 16.0 Å². The molecule has 1 aliphatic heterocycles. The van der Waals surface area contributed by atoms with Gasteiger partial charge in [0.15, 0.2) is 0 Å². The first-order chi connectivity index (χ1) is 13.1. The molecular weight excluding hydrogens is 342 g/mol. The summed E-state index contributed by atoms with van der Waals surface area (Å²) < 4.78 is 0. The van der Waals surface area contributed by atoms with E-state index in [1.54, 1.807) is 24.3 Å². The molecule has 2 aromatic rings. The number of rotatable bonds is 3. The van der Waals surface area contributed by atoms with Crippen LogP contribution in [0.4, 0.5) is 5.69 Å². The standard InChI is InChI=1S/C21H21N3O3/c25-19-12-13-20(26)24(23-19)16-10-8-15(9-11-16)21(27)22-18-7-3-5-14-4-1-2-6-17(14)18/h1-2,4,6,8-11,18H,3,5,7,12-13H2,(H,22,27)(H,23,25). The number of hydrazine groups is 1. The fraction of sp³-hybridized carbons (Fsp3) is 0.286. The molecule has 3 amide bonds. The number of hydrogen-bond acceptors (Lipinski definition) is 3. The highest BCUT2D eigenvalue weighted by atomic mass is 16.2. The minimum absolute atomic E-state index is 0.0186. The van der Waals surface area contributed by atoms with Gasteiger partial charge in [-0.1, -0.05) is 24.3 Å². The van der Waals surface area contributed by atoms with Gasteiger partial charge in [0.1, 0.15) is 0 Å². The van der Waals surface area contributed by atoms with Gasteiger partial charge in [0.2, 0.25) is 11.8 Å². The van der Waals surface area contributed by atoms with E-state index in [0.717, 1.165) is 19.3 Å². The largest absolute Gasteiger partial charge is 0.345 e. The summed E-state index contributed by atoms with van der Waals surface area (Å²) in [4.78, 5) is 36.2. The summed E-state index contributed by atoms with van der Waals surface area (Å²) in [6.45, 7) is 0. The Balaban J connectivity index is 1.47. The van der Waals surface area contributed by atoms with Gasteiger partial charge in [0.25, 0.3) is 5.91 Å². The SMILES string of the molecule is O=C1CCC(=O)N(c2ccc(C(=O)NC3CCCc4ccccc43)cc2)N1. The quantitative estimate of drug-likeness (QED) is 0.880. The lowest BCUT2D eigenvalue weighted by Crippen LogP contribution is -2.50. The minimum Gasteiger partial charge on any atom is -0.345 e. The van der Waals surface area contributed by atoms with E-state index in [-0.39, 0.29) is 36.6 Å². The molecule has 0 bridgehead atoms. The van der Waals surface area contributed by atoms with E-state index in [0.29, 0.717) is 11.3 Å². The van der Waals surface area contributed by atoms with E-state index in [9.17, 15) is 14.4 Å². The molecule has 0 spiro atoms. The summed E-state index contributed by atoms with van der Waals surface area (Å²) in [6.07, 6.45) is 3.42. The van der Waals surface area contributed by atoms with E-state index in [1.807, 2.05) is 12.1 Å². The number of hydrogen-bond donors (Lipinski definition) is 2. The number of nitrogens with zero attached hydrogens (tertiary/aromatic N) is 1. The first kappa shape index (κ1) is 17.3. The summed E-state index contributed by atoms with van der Waals surface area (Å²) in [5.41, 5.74) is 6.11. The van der Waals surface area contributed by atoms with Gasteiger partial charge in [-0.15, -0.1) is 0 Å². The molecule has 6 nitrogen and oxygen atoms in total. The number of benzene rings is 2. The van der Waals surface area contributed by atoms with E-state index in [2.05, 4.69) is 22.9 Å². The third-order valence-electron chi connectivity index (χ3n) is 5.11. The van der Waals surface area contributed by atoms with Gasteiger partial charge in [-0.25, -0.2) is 5.01 Å². The highest BCUT2D eigenvalue weighted by molar-refractivity contribution is 6.01. The summed E-state index contributed by atoms with van der Waals surface area (Å²) in [5, 5.41) is 4.36. The number of aryl methyl sites for hydroxylation is 1. The number of carbonyl (C=O) groups is 3. The van der Waals surface area contributed by atoms with Crippen molar-refractivity contribution in [1.82, 2.24) is 10.7 Å². The zero-order valence-electron chi connectivity index (χ0n) is 14.9.